The minimum absolute atomic E-state index is 0.0887. The highest BCUT2D eigenvalue weighted by molar-refractivity contribution is 9.10. The van der Waals surface area contributed by atoms with Crippen LogP contribution in [-0.2, 0) is 9.47 Å². The van der Waals surface area contributed by atoms with Crippen LogP contribution in [0, 0.1) is 0 Å². The Balaban J connectivity index is 2.50. The lowest BCUT2D eigenvalue weighted by atomic mass is 10.1. The zero-order valence-corrected chi connectivity index (χ0v) is 14.3. The van der Waals surface area contributed by atoms with Gasteiger partial charge in [0, 0.05) is 16.9 Å². The first-order valence-electron chi connectivity index (χ1n) is 5.96. The van der Waals surface area contributed by atoms with E-state index in [1.807, 2.05) is 12.1 Å². The van der Waals surface area contributed by atoms with Gasteiger partial charge in [0.15, 0.2) is 0 Å². The lowest BCUT2D eigenvalue weighted by molar-refractivity contribution is -0.0228. The molecule has 0 amide bonds. The Bertz CT molecular complexity index is 349. The van der Waals surface area contributed by atoms with Crippen LogP contribution in [0.15, 0.2) is 28.7 Å². The number of hydrogen-bond donors (Lipinski definition) is 0. The Labute approximate surface area is 126 Å². The Morgan fingerprint density at radius 1 is 1.22 bits per heavy atom. The molecule has 1 aromatic carbocycles. The van der Waals surface area contributed by atoms with Crippen molar-refractivity contribution in [3.63, 3.8) is 0 Å². The molecule has 0 bridgehead atoms. The van der Waals surface area contributed by atoms with Gasteiger partial charge in [-0.15, -0.1) is 0 Å². The minimum atomic E-state index is -0.128. The van der Waals surface area contributed by atoms with Crippen molar-refractivity contribution < 1.29 is 9.47 Å². The molecule has 1 rings (SSSR count). The molecule has 102 valence electrons. The highest BCUT2D eigenvalue weighted by Gasteiger charge is 2.17. The van der Waals surface area contributed by atoms with Crippen LogP contribution < -0.4 is 0 Å². The van der Waals surface area contributed by atoms with Gasteiger partial charge in [-0.25, -0.2) is 0 Å². The molecule has 1 unspecified atom stereocenters. The molecule has 0 N–H and O–H groups in total. The third-order valence-electron chi connectivity index (χ3n) is 2.96. The first kappa shape index (κ1) is 16.2. The molecule has 0 aliphatic rings. The zero-order valence-electron chi connectivity index (χ0n) is 11.1. The molecule has 1 aromatic rings. The van der Waals surface area contributed by atoms with Gasteiger partial charge in [-0.2, -0.15) is 0 Å². The van der Waals surface area contributed by atoms with Crippen LogP contribution in [0.25, 0.3) is 0 Å². The second kappa shape index (κ2) is 7.63. The van der Waals surface area contributed by atoms with Crippen LogP contribution in [0.3, 0.4) is 0 Å². The second-order valence-corrected chi connectivity index (χ2v) is 6.34. The van der Waals surface area contributed by atoms with Crippen molar-refractivity contribution >= 4 is 31.9 Å². The zero-order chi connectivity index (χ0) is 13.6. The Morgan fingerprint density at radius 3 is 2.33 bits per heavy atom. The molecule has 0 saturated heterocycles. The Morgan fingerprint density at radius 2 is 1.83 bits per heavy atom. The smallest absolute Gasteiger partial charge is 0.0921 e. The van der Waals surface area contributed by atoms with Crippen molar-refractivity contribution in [3.05, 3.63) is 34.3 Å². The summed E-state index contributed by atoms with van der Waals surface area (Å²) in [5, 5.41) is 0.794. The predicted octanol–water partition coefficient (Wildman–Crippen LogP) is 4.72. The first-order valence-corrected chi connectivity index (χ1v) is 7.88. The molecule has 0 fully saturated rings. The van der Waals surface area contributed by atoms with E-state index in [0.29, 0.717) is 6.61 Å². The third-order valence-corrected chi connectivity index (χ3v) is 4.07. The van der Waals surface area contributed by atoms with Crippen LogP contribution in [0.5, 0.6) is 0 Å². The number of ether oxygens (including phenoxy) is 2. The normalized spacial score (nSPS) is 13.6. The molecule has 0 radical (unpaired) electrons. The summed E-state index contributed by atoms with van der Waals surface area (Å²) in [6, 6.07) is 8.23. The van der Waals surface area contributed by atoms with Gasteiger partial charge in [0.2, 0.25) is 0 Å². The average molecular weight is 380 g/mol. The fourth-order valence-corrected chi connectivity index (χ4v) is 2.28. The van der Waals surface area contributed by atoms with E-state index >= 15 is 0 Å². The van der Waals surface area contributed by atoms with E-state index in [4.69, 9.17) is 9.47 Å². The molecule has 0 heterocycles. The number of rotatable bonds is 7. The maximum Gasteiger partial charge on any atom is 0.0921 e. The van der Waals surface area contributed by atoms with E-state index in [0.717, 1.165) is 16.2 Å². The number of hydrogen-bond acceptors (Lipinski definition) is 2. The maximum atomic E-state index is 5.91. The van der Waals surface area contributed by atoms with Gasteiger partial charge in [-0.3, -0.25) is 0 Å². The van der Waals surface area contributed by atoms with E-state index < -0.39 is 0 Å². The van der Waals surface area contributed by atoms with Crippen LogP contribution >= 0.6 is 31.9 Å². The minimum Gasteiger partial charge on any atom is -0.379 e. The number of benzene rings is 1. The summed E-state index contributed by atoms with van der Waals surface area (Å²) in [4.78, 5) is 0. The summed E-state index contributed by atoms with van der Waals surface area (Å²) in [6.07, 6.45) is 0.967. The van der Waals surface area contributed by atoms with Gasteiger partial charge < -0.3 is 9.47 Å². The molecule has 18 heavy (non-hydrogen) atoms. The van der Waals surface area contributed by atoms with Crippen LogP contribution in [0.2, 0.25) is 0 Å². The summed E-state index contributed by atoms with van der Waals surface area (Å²) in [7, 11) is 1.73. The lowest BCUT2D eigenvalue weighted by Gasteiger charge is -2.24. The van der Waals surface area contributed by atoms with Crippen molar-refractivity contribution in [2.75, 3.05) is 19.0 Å². The molecule has 4 heteroatoms. The van der Waals surface area contributed by atoms with E-state index in [1.54, 1.807) is 7.11 Å². The topological polar surface area (TPSA) is 18.5 Å². The van der Waals surface area contributed by atoms with E-state index in [1.165, 1.54) is 5.56 Å². The van der Waals surface area contributed by atoms with Crippen molar-refractivity contribution in [1.82, 2.24) is 0 Å². The molecule has 0 aliphatic heterocycles. The Hall–Kier alpha value is 0.1000. The standard InChI is InChI=1S/C14H20Br2O2/c1-14(2,17-3)8-9-18-13(10-15)11-4-6-12(16)7-5-11/h4-7,13H,8-10H2,1-3H3. The van der Waals surface area contributed by atoms with Crippen molar-refractivity contribution in [2.45, 2.75) is 32.0 Å². The molecule has 2 nitrogen and oxygen atoms in total. The van der Waals surface area contributed by atoms with Gasteiger partial charge in [0.25, 0.3) is 0 Å². The quantitative estimate of drug-likeness (QED) is 0.638. The largest absolute Gasteiger partial charge is 0.379 e. The number of alkyl halides is 1. The first-order chi connectivity index (χ1) is 8.48. The second-order valence-electron chi connectivity index (χ2n) is 4.78. The fraction of sp³-hybridized carbons (Fsp3) is 0.571. The average Bonchev–Trinajstić information content (AvgIpc) is 2.36. The van der Waals surface area contributed by atoms with E-state index in [2.05, 4.69) is 57.8 Å². The van der Waals surface area contributed by atoms with Gasteiger partial charge >= 0.3 is 0 Å². The van der Waals surface area contributed by atoms with Crippen molar-refractivity contribution in [1.29, 1.82) is 0 Å². The monoisotopic (exact) mass is 378 g/mol. The van der Waals surface area contributed by atoms with Crippen molar-refractivity contribution in [3.8, 4) is 0 Å². The molecule has 0 spiro atoms. The van der Waals surface area contributed by atoms with E-state index in [9.17, 15) is 0 Å². The van der Waals surface area contributed by atoms with Gasteiger partial charge in [-0.1, -0.05) is 44.0 Å². The van der Waals surface area contributed by atoms with Crippen LogP contribution in [0.4, 0.5) is 0 Å². The van der Waals surface area contributed by atoms with Gasteiger partial charge in [0.1, 0.15) is 0 Å². The fourth-order valence-electron chi connectivity index (χ4n) is 1.46. The summed E-state index contributed by atoms with van der Waals surface area (Å²) < 4.78 is 12.4. The summed E-state index contributed by atoms with van der Waals surface area (Å²) in [5.74, 6) is 0. The molecular weight excluding hydrogens is 360 g/mol. The van der Waals surface area contributed by atoms with Crippen LogP contribution in [-0.4, -0.2) is 24.6 Å². The van der Waals surface area contributed by atoms with Crippen molar-refractivity contribution in [2.24, 2.45) is 0 Å². The maximum absolute atomic E-state index is 5.91. The van der Waals surface area contributed by atoms with E-state index in [-0.39, 0.29) is 11.7 Å². The number of methoxy groups -OCH3 is 1. The molecule has 0 aromatic heterocycles. The SMILES string of the molecule is COC(C)(C)CCOC(CBr)c1ccc(Br)cc1. The molecule has 1 atom stereocenters. The predicted molar refractivity (Wildman–Crippen MR) is 82.3 cm³/mol. The highest BCUT2D eigenvalue weighted by atomic mass is 79.9. The molecule has 0 aliphatic carbocycles. The summed E-state index contributed by atoms with van der Waals surface area (Å²) in [6.45, 7) is 4.82. The summed E-state index contributed by atoms with van der Waals surface area (Å²) in [5.41, 5.74) is 1.06. The highest BCUT2D eigenvalue weighted by Crippen LogP contribution is 2.23. The Kier molecular flexibility index (Phi) is 6.85. The van der Waals surface area contributed by atoms with Crippen LogP contribution in [0.1, 0.15) is 31.9 Å². The molecule has 0 saturated carbocycles. The van der Waals surface area contributed by atoms with Gasteiger partial charge in [-0.05, 0) is 38.0 Å². The third kappa shape index (κ3) is 5.39. The van der Waals surface area contributed by atoms with Gasteiger partial charge in [0.05, 0.1) is 18.3 Å². The number of halogens is 2. The molecular formula is C14H20Br2O2. The summed E-state index contributed by atoms with van der Waals surface area (Å²) >= 11 is 6.94. The lowest BCUT2D eigenvalue weighted by Crippen LogP contribution is -2.25.